The molecule has 0 radical (unpaired) electrons. The summed E-state index contributed by atoms with van der Waals surface area (Å²) in [6.45, 7) is 4.55. The predicted octanol–water partition coefficient (Wildman–Crippen LogP) is 5.96. The van der Waals surface area contributed by atoms with Gasteiger partial charge in [-0.25, -0.2) is 9.89 Å². The number of carbonyl (C=O) groups excluding carboxylic acids is 1. The van der Waals surface area contributed by atoms with Gasteiger partial charge in [0.15, 0.2) is 5.82 Å². The molecule has 186 valence electrons. The lowest BCUT2D eigenvalue weighted by molar-refractivity contribution is 0.108. The number of aromatic amines is 1. The minimum Gasteiger partial charge on any atom is -0.494 e. The van der Waals surface area contributed by atoms with Gasteiger partial charge in [-0.15, -0.1) is 5.10 Å². The van der Waals surface area contributed by atoms with E-state index < -0.39 is 6.09 Å². The van der Waals surface area contributed by atoms with E-state index in [1.807, 2.05) is 44.2 Å². The molecule has 0 aliphatic heterocycles. The molecule has 4 aromatic rings. The average molecular weight is 487 g/mol. The van der Waals surface area contributed by atoms with Gasteiger partial charge in [0.1, 0.15) is 11.9 Å². The molecule has 2 aromatic carbocycles. The Hall–Kier alpha value is -3.88. The molecular weight excluding hydrogens is 456 g/mol. The standard InChI is InChI=1S/C27H30N6O3/c1-3-35-21-13-14-22-23(15-21)33(20-5-4-6-20)25(24(22)26-29-31-32-30-26)18-9-11-19(12-10-18)28-27(34)36-16(2)17-7-8-17/h9-17,20H,3-8H2,1-2H3,(H,28,34)(H,29,30,31,32). The van der Waals surface area contributed by atoms with E-state index in [-0.39, 0.29) is 6.10 Å². The monoisotopic (exact) mass is 486 g/mol. The van der Waals surface area contributed by atoms with Crippen molar-refractivity contribution in [3.05, 3.63) is 42.5 Å². The molecule has 2 aliphatic carbocycles. The second-order valence-corrected chi connectivity index (χ2v) is 9.69. The number of nitrogens with one attached hydrogen (secondary N) is 2. The van der Waals surface area contributed by atoms with Crippen LogP contribution in [0.3, 0.4) is 0 Å². The van der Waals surface area contributed by atoms with Crippen LogP contribution in [0.2, 0.25) is 0 Å². The molecule has 2 aliphatic rings. The molecule has 0 saturated heterocycles. The lowest BCUT2D eigenvalue weighted by Gasteiger charge is -2.30. The third-order valence-electron chi connectivity index (χ3n) is 7.29. The number of rotatable bonds is 8. The number of anilines is 1. The lowest BCUT2D eigenvalue weighted by Crippen LogP contribution is -2.21. The van der Waals surface area contributed by atoms with Crippen LogP contribution in [-0.2, 0) is 4.74 Å². The Morgan fingerprint density at radius 1 is 1.17 bits per heavy atom. The molecule has 2 heterocycles. The highest BCUT2D eigenvalue weighted by Gasteiger charge is 2.31. The van der Waals surface area contributed by atoms with Crippen molar-refractivity contribution in [3.63, 3.8) is 0 Å². The molecule has 2 saturated carbocycles. The van der Waals surface area contributed by atoms with Gasteiger partial charge in [0.05, 0.1) is 23.4 Å². The van der Waals surface area contributed by atoms with Crippen LogP contribution in [0.25, 0.3) is 33.5 Å². The Morgan fingerprint density at radius 2 is 1.97 bits per heavy atom. The van der Waals surface area contributed by atoms with Crippen LogP contribution in [0.1, 0.15) is 52.0 Å². The maximum atomic E-state index is 12.3. The normalized spacial score (nSPS) is 16.5. The zero-order valence-electron chi connectivity index (χ0n) is 20.5. The maximum absolute atomic E-state index is 12.3. The van der Waals surface area contributed by atoms with Crippen molar-refractivity contribution < 1.29 is 14.3 Å². The van der Waals surface area contributed by atoms with Crippen LogP contribution in [0.4, 0.5) is 10.5 Å². The number of amides is 1. The molecule has 9 heteroatoms. The van der Waals surface area contributed by atoms with Gasteiger partial charge in [-0.3, -0.25) is 5.32 Å². The SMILES string of the molecule is CCOc1ccc2c(-c3nnn[nH]3)c(-c3ccc(NC(=O)OC(C)C4CC4)cc3)n(C3CCC3)c2c1. The van der Waals surface area contributed by atoms with Crippen LogP contribution in [0, 0.1) is 5.92 Å². The van der Waals surface area contributed by atoms with Gasteiger partial charge in [-0.05, 0) is 92.1 Å². The Labute approximate surface area is 209 Å². The number of nitrogens with zero attached hydrogens (tertiary/aromatic N) is 4. The Kier molecular flexibility index (Phi) is 5.83. The minimum atomic E-state index is -0.414. The fourth-order valence-corrected chi connectivity index (χ4v) is 5.05. The van der Waals surface area contributed by atoms with E-state index in [1.54, 1.807) is 0 Å². The topological polar surface area (TPSA) is 107 Å². The van der Waals surface area contributed by atoms with E-state index in [2.05, 4.69) is 42.6 Å². The van der Waals surface area contributed by atoms with E-state index >= 15 is 0 Å². The number of hydrogen-bond donors (Lipinski definition) is 2. The fourth-order valence-electron chi connectivity index (χ4n) is 5.05. The zero-order valence-corrected chi connectivity index (χ0v) is 20.5. The predicted molar refractivity (Wildman–Crippen MR) is 137 cm³/mol. The smallest absolute Gasteiger partial charge is 0.411 e. The molecule has 1 amide bonds. The Morgan fingerprint density at radius 3 is 2.61 bits per heavy atom. The van der Waals surface area contributed by atoms with Crippen LogP contribution in [0.15, 0.2) is 42.5 Å². The van der Waals surface area contributed by atoms with Crippen molar-refractivity contribution in [2.45, 2.75) is 58.1 Å². The van der Waals surface area contributed by atoms with Crippen molar-refractivity contribution in [1.82, 2.24) is 25.2 Å². The first-order valence-electron chi connectivity index (χ1n) is 12.7. The highest BCUT2D eigenvalue weighted by molar-refractivity contribution is 6.03. The maximum Gasteiger partial charge on any atom is 0.411 e. The van der Waals surface area contributed by atoms with Crippen LogP contribution in [0.5, 0.6) is 5.75 Å². The number of hydrogen-bond acceptors (Lipinski definition) is 6. The van der Waals surface area contributed by atoms with Crippen molar-refractivity contribution in [2.75, 3.05) is 11.9 Å². The summed E-state index contributed by atoms with van der Waals surface area (Å²) < 4.78 is 13.8. The second-order valence-electron chi connectivity index (χ2n) is 9.69. The summed E-state index contributed by atoms with van der Waals surface area (Å²) >= 11 is 0. The van der Waals surface area contributed by atoms with E-state index in [0.29, 0.717) is 30.1 Å². The molecular formula is C27H30N6O3. The molecule has 9 nitrogen and oxygen atoms in total. The number of benzene rings is 2. The molecule has 0 spiro atoms. The van der Waals surface area contributed by atoms with E-state index in [0.717, 1.165) is 59.2 Å². The first-order chi connectivity index (χ1) is 17.6. The van der Waals surface area contributed by atoms with E-state index in [9.17, 15) is 4.79 Å². The number of aromatic nitrogens is 5. The van der Waals surface area contributed by atoms with Crippen molar-refractivity contribution in [2.24, 2.45) is 5.92 Å². The number of carbonyl (C=O) groups is 1. The Balaban J connectivity index is 1.41. The molecule has 2 aromatic heterocycles. The van der Waals surface area contributed by atoms with Gasteiger partial charge in [-0.2, -0.15) is 0 Å². The summed E-state index contributed by atoms with van der Waals surface area (Å²) in [5.74, 6) is 1.96. The zero-order chi connectivity index (χ0) is 24.6. The average Bonchev–Trinajstić information content (AvgIpc) is 3.47. The summed E-state index contributed by atoms with van der Waals surface area (Å²) in [6.07, 6.45) is 5.24. The van der Waals surface area contributed by atoms with Gasteiger partial charge in [0.25, 0.3) is 0 Å². The molecule has 2 fully saturated rings. The second kappa shape index (κ2) is 9.29. The summed E-state index contributed by atoms with van der Waals surface area (Å²) in [4.78, 5) is 12.3. The van der Waals surface area contributed by atoms with Crippen LogP contribution >= 0.6 is 0 Å². The van der Waals surface area contributed by atoms with E-state index in [1.165, 1.54) is 6.42 Å². The molecule has 2 N–H and O–H groups in total. The number of fused-ring (bicyclic) bond motifs is 1. The number of tetrazole rings is 1. The quantitative estimate of drug-likeness (QED) is 0.318. The molecule has 6 rings (SSSR count). The largest absolute Gasteiger partial charge is 0.494 e. The number of ether oxygens (including phenoxy) is 2. The highest BCUT2D eigenvalue weighted by Crippen LogP contribution is 2.46. The van der Waals surface area contributed by atoms with Crippen molar-refractivity contribution in [1.29, 1.82) is 0 Å². The first-order valence-corrected chi connectivity index (χ1v) is 12.7. The fraction of sp³-hybridized carbons (Fsp3) is 0.407. The summed E-state index contributed by atoms with van der Waals surface area (Å²) in [6, 6.07) is 14.5. The van der Waals surface area contributed by atoms with Crippen molar-refractivity contribution >= 4 is 22.7 Å². The molecule has 1 atom stereocenters. The third kappa shape index (κ3) is 4.19. The van der Waals surface area contributed by atoms with Gasteiger partial charge >= 0.3 is 6.09 Å². The Bertz CT molecular complexity index is 1370. The highest BCUT2D eigenvalue weighted by atomic mass is 16.6. The van der Waals surface area contributed by atoms with Crippen LogP contribution in [-0.4, -0.2) is 44.0 Å². The lowest BCUT2D eigenvalue weighted by atomic mass is 9.92. The third-order valence-corrected chi connectivity index (χ3v) is 7.29. The molecule has 0 bridgehead atoms. The van der Waals surface area contributed by atoms with Gasteiger partial charge in [0, 0.05) is 23.2 Å². The van der Waals surface area contributed by atoms with Gasteiger partial charge in [-0.1, -0.05) is 12.1 Å². The first kappa shape index (κ1) is 22.6. The van der Waals surface area contributed by atoms with Crippen LogP contribution < -0.4 is 10.1 Å². The van der Waals surface area contributed by atoms with Crippen molar-refractivity contribution in [3.8, 4) is 28.4 Å². The summed E-state index contributed by atoms with van der Waals surface area (Å²) in [7, 11) is 0. The molecule has 36 heavy (non-hydrogen) atoms. The molecule has 1 unspecified atom stereocenters. The van der Waals surface area contributed by atoms with E-state index in [4.69, 9.17) is 9.47 Å². The number of H-pyrrole nitrogens is 1. The summed E-state index contributed by atoms with van der Waals surface area (Å²) in [5, 5.41) is 18.9. The van der Waals surface area contributed by atoms with Gasteiger partial charge < -0.3 is 14.0 Å². The summed E-state index contributed by atoms with van der Waals surface area (Å²) in [5.41, 5.74) is 4.83. The minimum absolute atomic E-state index is 0.0536. The van der Waals surface area contributed by atoms with Gasteiger partial charge in [0.2, 0.25) is 0 Å².